The highest BCUT2D eigenvalue weighted by Gasteiger charge is 2.05. The van der Waals surface area contributed by atoms with Crippen molar-refractivity contribution in [1.29, 1.82) is 0 Å². The average molecular weight is 299 g/mol. The monoisotopic (exact) mass is 298 g/mol. The van der Waals surface area contributed by atoms with E-state index in [4.69, 9.17) is 16.3 Å². The van der Waals surface area contributed by atoms with E-state index in [0.717, 1.165) is 46.6 Å². The third kappa shape index (κ3) is 4.34. The van der Waals surface area contributed by atoms with Crippen molar-refractivity contribution < 1.29 is 4.74 Å². The summed E-state index contributed by atoms with van der Waals surface area (Å²) in [5.41, 5.74) is 0.955. The van der Waals surface area contributed by atoms with Gasteiger partial charge in [-0.05, 0) is 24.5 Å². The van der Waals surface area contributed by atoms with Crippen molar-refractivity contribution in [3.8, 4) is 0 Å². The van der Waals surface area contributed by atoms with E-state index in [2.05, 4.69) is 24.1 Å². The van der Waals surface area contributed by atoms with Gasteiger partial charge in [-0.2, -0.15) is 0 Å². The number of ether oxygens (including phenoxy) is 1. The van der Waals surface area contributed by atoms with Crippen molar-refractivity contribution in [3.63, 3.8) is 0 Å². The van der Waals surface area contributed by atoms with Crippen LogP contribution in [0, 0.1) is 5.92 Å². The lowest BCUT2D eigenvalue weighted by Crippen LogP contribution is -2.08. The van der Waals surface area contributed by atoms with Gasteiger partial charge in [-0.15, -0.1) is 0 Å². The summed E-state index contributed by atoms with van der Waals surface area (Å²) in [6, 6.07) is 5.80. The average Bonchev–Trinajstić information content (AvgIpc) is 2.78. The maximum absolute atomic E-state index is 6.13. The molecule has 3 nitrogen and oxygen atoms in total. The Morgan fingerprint density at radius 3 is 3.00 bits per heavy atom. The first-order chi connectivity index (χ1) is 9.16. The molecule has 0 bridgehead atoms. The molecule has 0 aliphatic rings. The molecule has 0 saturated carbocycles. The van der Waals surface area contributed by atoms with Crippen LogP contribution in [0.5, 0.6) is 0 Å². The molecule has 0 saturated heterocycles. The predicted molar refractivity (Wildman–Crippen MR) is 83.4 cm³/mol. The first-order valence-electron chi connectivity index (χ1n) is 6.53. The van der Waals surface area contributed by atoms with E-state index < -0.39 is 0 Å². The summed E-state index contributed by atoms with van der Waals surface area (Å²) in [4.78, 5) is 4.50. The molecule has 104 valence electrons. The molecule has 2 rings (SSSR count). The number of nitrogens with zero attached hydrogens (tertiary/aromatic N) is 1. The van der Waals surface area contributed by atoms with Gasteiger partial charge < -0.3 is 10.1 Å². The van der Waals surface area contributed by atoms with Gasteiger partial charge in [-0.3, -0.25) is 0 Å². The van der Waals surface area contributed by atoms with Crippen molar-refractivity contribution in [2.45, 2.75) is 20.3 Å². The molecular formula is C14H19ClN2OS. The van der Waals surface area contributed by atoms with Gasteiger partial charge in [0.2, 0.25) is 0 Å². The largest absolute Gasteiger partial charge is 0.381 e. The Morgan fingerprint density at radius 2 is 2.26 bits per heavy atom. The molecule has 2 aromatic rings. The standard InChI is InChI=1S/C14H19ClN2OS/c1-10(2)9-18-8-4-7-16-14-17-12-6-3-5-11(15)13(12)19-14/h3,5-6,10H,4,7-9H2,1-2H3,(H,16,17). The number of aromatic nitrogens is 1. The van der Waals surface area contributed by atoms with Crippen molar-refractivity contribution in [1.82, 2.24) is 4.98 Å². The zero-order valence-electron chi connectivity index (χ0n) is 11.3. The minimum atomic E-state index is 0.597. The Bertz CT molecular complexity index is 527. The molecule has 1 heterocycles. The van der Waals surface area contributed by atoms with Gasteiger partial charge in [0.1, 0.15) is 0 Å². The zero-order chi connectivity index (χ0) is 13.7. The first-order valence-corrected chi connectivity index (χ1v) is 7.73. The van der Waals surface area contributed by atoms with Crippen LogP contribution >= 0.6 is 22.9 Å². The Kier molecular flexibility index (Phi) is 5.43. The number of rotatable bonds is 7. The second kappa shape index (κ2) is 7.08. The van der Waals surface area contributed by atoms with Crippen LogP contribution in [0.25, 0.3) is 10.2 Å². The van der Waals surface area contributed by atoms with Gasteiger partial charge in [-0.25, -0.2) is 4.98 Å². The van der Waals surface area contributed by atoms with Crippen LogP contribution in [0.1, 0.15) is 20.3 Å². The van der Waals surface area contributed by atoms with Crippen molar-refractivity contribution in [2.75, 3.05) is 25.1 Å². The van der Waals surface area contributed by atoms with Crippen LogP contribution in [0.15, 0.2) is 18.2 Å². The Balaban J connectivity index is 1.77. The van der Waals surface area contributed by atoms with Crippen molar-refractivity contribution in [3.05, 3.63) is 23.2 Å². The second-order valence-electron chi connectivity index (χ2n) is 4.86. The normalized spacial score (nSPS) is 11.4. The molecule has 0 fully saturated rings. The number of nitrogens with one attached hydrogen (secondary N) is 1. The van der Waals surface area contributed by atoms with Crippen LogP contribution < -0.4 is 5.32 Å². The summed E-state index contributed by atoms with van der Waals surface area (Å²) < 4.78 is 6.58. The molecule has 1 aromatic carbocycles. The van der Waals surface area contributed by atoms with E-state index in [1.54, 1.807) is 11.3 Å². The Morgan fingerprint density at radius 1 is 1.42 bits per heavy atom. The third-order valence-electron chi connectivity index (χ3n) is 2.56. The SMILES string of the molecule is CC(C)COCCCNc1nc2cccc(Cl)c2s1. The lowest BCUT2D eigenvalue weighted by Gasteiger charge is -2.06. The Hall–Kier alpha value is -0.840. The molecular weight excluding hydrogens is 280 g/mol. The summed E-state index contributed by atoms with van der Waals surface area (Å²) in [7, 11) is 0. The minimum absolute atomic E-state index is 0.597. The van der Waals surface area contributed by atoms with Crippen molar-refractivity contribution >= 4 is 38.3 Å². The summed E-state index contributed by atoms with van der Waals surface area (Å²) >= 11 is 7.72. The Labute approximate surface area is 122 Å². The lowest BCUT2D eigenvalue weighted by molar-refractivity contribution is 0.110. The summed E-state index contributed by atoms with van der Waals surface area (Å²) in [5.74, 6) is 0.597. The van der Waals surface area contributed by atoms with E-state index in [1.165, 1.54) is 0 Å². The van der Waals surface area contributed by atoms with E-state index >= 15 is 0 Å². The molecule has 1 N–H and O–H groups in total. The fourth-order valence-electron chi connectivity index (χ4n) is 1.68. The number of anilines is 1. The highest BCUT2D eigenvalue weighted by atomic mass is 35.5. The quantitative estimate of drug-likeness (QED) is 0.768. The van der Waals surface area contributed by atoms with Crippen LogP contribution in [0.3, 0.4) is 0 Å². The lowest BCUT2D eigenvalue weighted by atomic mass is 10.2. The van der Waals surface area contributed by atoms with Crippen LogP contribution in [-0.2, 0) is 4.74 Å². The minimum Gasteiger partial charge on any atom is -0.381 e. The third-order valence-corrected chi connectivity index (χ3v) is 4.05. The smallest absolute Gasteiger partial charge is 0.183 e. The van der Waals surface area contributed by atoms with Gasteiger partial charge >= 0.3 is 0 Å². The summed E-state index contributed by atoms with van der Waals surface area (Å²) in [6.45, 7) is 6.80. The zero-order valence-corrected chi connectivity index (χ0v) is 12.9. The van der Waals surface area contributed by atoms with Gasteiger partial charge in [-0.1, -0.05) is 42.9 Å². The molecule has 0 aliphatic heterocycles. The maximum atomic E-state index is 6.13. The molecule has 0 unspecified atom stereocenters. The number of fused-ring (bicyclic) bond motifs is 1. The molecule has 0 amide bonds. The highest BCUT2D eigenvalue weighted by Crippen LogP contribution is 2.31. The second-order valence-corrected chi connectivity index (χ2v) is 6.26. The van der Waals surface area contributed by atoms with Gasteiger partial charge in [0.25, 0.3) is 0 Å². The number of benzene rings is 1. The van der Waals surface area contributed by atoms with Gasteiger partial charge in [0.05, 0.1) is 15.2 Å². The summed E-state index contributed by atoms with van der Waals surface area (Å²) in [6.07, 6.45) is 0.983. The molecule has 0 atom stereocenters. The molecule has 5 heteroatoms. The summed E-state index contributed by atoms with van der Waals surface area (Å²) in [5, 5.41) is 5.01. The fraction of sp³-hybridized carbons (Fsp3) is 0.500. The molecule has 19 heavy (non-hydrogen) atoms. The number of halogens is 1. The molecule has 0 radical (unpaired) electrons. The van der Waals surface area contributed by atoms with Crippen LogP contribution in [0.4, 0.5) is 5.13 Å². The molecule has 0 spiro atoms. The first kappa shape index (κ1) is 14.6. The predicted octanol–water partition coefficient (Wildman–Crippen LogP) is 4.42. The van der Waals surface area contributed by atoms with E-state index in [-0.39, 0.29) is 0 Å². The van der Waals surface area contributed by atoms with E-state index in [9.17, 15) is 0 Å². The van der Waals surface area contributed by atoms with Gasteiger partial charge in [0.15, 0.2) is 5.13 Å². The number of thiazole rings is 1. The van der Waals surface area contributed by atoms with Crippen molar-refractivity contribution in [2.24, 2.45) is 5.92 Å². The molecule has 0 aliphatic carbocycles. The van der Waals surface area contributed by atoms with E-state index in [0.29, 0.717) is 5.92 Å². The highest BCUT2D eigenvalue weighted by molar-refractivity contribution is 7.22. The fourth-order valence-corrected chi connectivity index (χ4v) is 2.86. The van der Waals surface area contributed by atoms with E-state index in [1.807, 2.05) is 18.2 Å². The maximum Gasteiger partial charge on any atom is 0.183 e. The number of hydrogen-bond acceptors (Lipinski definition) is 4. The van der Waals surface area contributed by atoms with Crippen LogP contribution in [-0.4, -0.2) is 24.7 Å². The number of hydrogen-bond donors (Lipinski definition) is 1. The topological polar surface area (TPSA) is 34.1 Å². The van der Waals surface area contributed by atoms with Crippen LogP contribution in [0.2, 0.25) is 5.02 Å². The van der Waals surface area contributed by atoms with Gasteiger partial charge in [0, 0.05) is 19.8 Å². The molecule has 1 aromatic heterocycles.